The Bertz CT molecular complexity index is 1010. The number of aromatic nitrogens is 2. The minimum atomic E-state index is -5.33. The molecule has 2 aromatic heterocycles. The highest BCUT2D eigenvalue weighted by molar-refractivity contribution is 7.12. The number of halogens is 3. The maximum atomic E-state index is 12.9. The van der Waals surface area contributed by atoms with Crippen molar-refractivity contribution in [3.05, 3.63) is 52.1 Å². The molecule has 0 fully saturated rings. The maximum Gasteiger partial charge on any atom is 0.449 e. The van der Waals surface area contributed by atoms with Gasteiger partial charge in [0.25, 0.3) is 0 Å². The molecular weight excluding hydrogens is 381 g/mol. The number of carbonyl (C=O) groups excluding carboxylic acids is 1. The first-order valence-corrected chi connectivity index (χ1v) is 8.85. The molecule has 3 rings (SSSR count). The van der Waals surface area contributed by atoms with Crippen LogP contribution in [0.15, 0.2) is 35.8 Å². The SMILES string of the molecule is CC(C)(C)n1cc(C(=O)c2nc(C(O)(O)C(F)(F)F)cs2)c2ccccc21. The summed E-state index contributed by atoms with van der Waals surface area (Å²) < 4.78 is 40.2. The molecule has 0 spiro atoms. The Hall–Kier alpha value is -2.23. The third-order valence-corrected chi connectivity index (χ3v) is 4.97. The average Bonchev–Trinajstić information content (AvgIpc) is 3.18. The van der Waals surface area contributed by atoms with Gasteiger partial charge in [-0.3, -0.25) is 4.79 Å². The summed E-state index contributed by atoms with van der Waals surface area (Å²) in [5, 5.41) is 19.9. The minimum absolute atomic E-state index is 0.251. The molecule has 0 bridgehead atoms. The highest BCUT2D eigenvalue weighted by Crippen LogP contribution is 2.37. The first-order chi connectivity index (χ1) is 12.3. The molecule has 0 amide bonds. The van der Waals surface area contributed by atoms with Gasteiger partial charge in [0.1, 0.15) is 5.69 Å². The van der Waals surface area contributed by atoms with Gasteiger partial charge < -0.3 is 14.8 Å². The normalized spacial score (nSPS) is 13.3. The molecule has 144 valence electrons. The van der Waals surface area contributed by atoms with Crippen LogP contribution in [0.3, 0.4) is 0 Å². The molecule has 2 heterocycles. The second-order valence-corrected chi connectivity index (χ2v) is 8.00. The summed E-state index contributed by atoms with van der Waals surface area (Å²) in [6.45, 7) is 5.89. The van der Waals surface area contributed by atoms with Gasteiger partial charge in [-0.15, -0.1) is 11.3 Å². The van der Waals surface area contributed by atoms with E-state index in [9.17, 15) is 28.2 Å². The third kappa shape index (κ3) is 3.26. The van der Waals surface area contributed by atoms with Gasteiger partial charge in [-0.05, 0) is 26.8 Å². The molecule has 0 aliphatic carbocycles. The molecule has 3 aromatic rings. The minimum Gasteiger partial charge on any atom is -0.354 e. The summed E-state index contributed by atoms with van der Waals surface area (Å²) in [4.78, 5) is 16.4. The number of hydrogen-bond donors (Lipinski definition) is 2. The van der Waals surface area contributed by atoms with Gasteiger partial charge in [0.2, 0.25) is 5.78 Å². The summed E-state index contributed by atoms with van der Waals surface area (Å²) in [5.41, 5.74) is -0.259. The van der Waals surface area contributed by atoms with E-state index in [0.717, 1.165) is 10.9 Å². The van der Waals surface area contributed by atoms with Gasteiger partial charge in [0.15, 0.2) is 5.01 Å². The summed E-state index contributed by atoms with van der Waals surface area (Å²) in [5.74, 6) is -4.69. The molecule has 2 N–H and O–H groups in total. The lowest BCUT2D eigenvalue weighted by molar-refractivity contribution is -0.359. The van der Waals surface area contributed by atoms with Crippen molar-refractivity contribution in [2.24, 2.45) is 0 Å². The highest BCUT2D eigenvalue weighted by atomic mass is 32.1. The summed E-state index contributed by atoms with van der Waals surface area (Å²) in [7, 11) is 0. The lowest BCUT2D eigenvalue weighted by Gasteiger charge is -2.22. The van der Waals surface area contributed by atoms with E-state index in [-0.39, 0.29) is 16.1 Å². The van der Waals surface area contributed by atoms with Crippen molar-refractivity contribution in [1.29, 1.82) is 0 Å². The second-order valence-electron chi connectivity index (χ2n) is 7.14. The Morgan fingerprint density at radius 2 is 1.78 bits per heavy atom. The second kappa shape index (κ2) is 6.15. The van der Waals surface area contributed by atoms with E-state index < -0.39 is 23.4 Å². The smallest absolute Gasteiger partial charge is 0.354 e. The molecule has 9 heteroatoms. The van der Waals surface area contributed by atoms with Crippen LogP contribution in [0.5, 0.6) is 0 Å². The quantitative estimate of drug-likeness (QED) is 0.520. The molecule has 0 unspecified atom stereocenters. The van der Waals surface area contributed by atoms with Crippen molar-refractivity contribution in [3.8, 4) is 0 Å². The van der Waals surface area contributed by atoms with Crippen molar-refractivity contribution in [2.45, 2.75) is 38.3 Å². The van der Waals surface area contributed by atoms with Crippen LogP contribution >= 0.6 is 11.3 Å². The van der Waals surface area contributed by atoms with Gasteiger partial charge in [-0.2, -0.15) is 13.2 Å². The number of thiazole rings is 1. The Morgan fingerprint density at radius 1 is 1.15 bits per heavy atom. The van der Waals surface area contributed by atoms with Crippen molar-refractivity contribution in [3.63, 3.8) is 0 Å². The molecule has 0 aliphatic heterocycles. The number of alkyl halides is 3. The number of hydrogen-bond acceptors (Lipinski definition) is 5. The summed E-state index contributed by atoms with van der Waals surface area (Å²) >= 11 is 0.631. The van der Waals surface area contributed by atoms with Crippen LogP contribution < -0.4 is 0 Å². The Balaban J connectivity index is 2.08. The van der Waals surface area contributed by atoms with E-state index in [1.54, 1.807) is 18.3 Å². The van der Waals surface area contributed by atoms with Crippen molar-refractivity contribution < 1.29 is 28.2 Å². The molecule has 0 atom stereocenters. The monoisotopic (exact) mass is 398 g/mol. The summed E-state index contributed by atoms with van der Waals surface area (Å²) in [6.07, 6.45) is -3.69. The first-order valence-electron chi connectivity index (χ1n) is 7.97. The molecular formula is C18H17F3N2O3S. The number of fused-ring (bicyclic) bond motifs is 1. The number of benzene rings is 1. The fraction of sp³-hybridized carbons (Fsp3) is 0.333. The van der Waals surface area contributed by atoms with Crippen LogP contribution in [0.2, 0.25) is 0 Å². The molecule has 0 saturated heterocycles. The largest absolute Gasteiger partial charge is 0.449 e. The van der Waals surface area contributed by atoms with Crippen LogP contribution in [0, 0.1) is 0 Å². The van der Waals surface area contributed by atoms with E-state index >= 15 is 0 Å². The number of aliphatic hydroxyl groups is 2. The molecule has 0 aliphatic rings. The van der Waals surface area contributed by atoms with Crippen LogP contribution in [0.1, 0.15) is 41.8 Å². The van der Waals surface area contributed by atoms with E-state index in [2.05, 4.69) is 4.98 Å². The molecule has 0 saturated carbocycles. The highest BCUT2D eigenvalue weighted by Gasteiger charge is 2.56. The van der Waals surface area contributed by atoms with Crippen LogP contribution in [-0.2, 0) is 11.3 Å². The van der Waals surface area contributed by atoms with Crippen LogP contribution in [0.25, 0.3) is 10.9 Å². The fourth-order valence-corrected chi connectivity index (χ4v) is 3.52. The standard InChI is InChI=1S/C18H17F3N2O3S/c1-16(2,3)23-8-11(10-6-4-5-7-12(10)23)14(24)15-22-13(9-27-15)17(25,26)18(19,20)21/h4-9,25-26H,1-3H3. The molecule has 1 aromatic carbocycles. The lowest BCUT2D eigenvalue weighted by atomic mass is 10.1. The lowest BCUT2D eigenvalue weighted by Crippen LogP contribution is -2.42. The number of nitrogens with zero attached hydrogens (tertiary/aromatic N) is 2. The van der Waals surface area contributed by atoms with Gasteiger partial charge in [-0.25, -0.2) is 4.98 Å². The number of ketones is 1. The molecule has 0 radical (unpaired) electrons. The van der Waals surface area contributed by atoms with Crippen molar-refractivity contribution in [1.82, 2.24) is 9.55 Å². The average molecular weight is 398 g/mol. The number of para-hydroxylation sites is 1. The van der Waals surface area contributed by atoms with Crippen LogP contribution in [0.4, 0.5) is 13.2 Å². The van der Waals surface area contributed by atoms with E-state index in [1.807, 2.05) is 37.5 Å². The summed E-state index contributed by atoms with van der Waals surface area (Å²) in [6, 6.07) is 7.18. The third-order valence-electron chi connectivity index (χ3n) is 4.13. The molecule has 5 nitrogen and oxygen atoms in total. The Morgan fingerprint density at radius 3 is 2.37 bits per heavy atom. The van der Waals surface area contributed by atoms with Gasteiger partial charge in [-0.1, -0.05) is 18.2 Å². The zero-order chi connectivity index (χ0) is 20.2. The number of rotatable bonds is 3. The topological polar surface area (TPSA) is 75.4 Å². The fourth-order valence-electron chi connectivity index (χ4n) is 2.71. The van der Waals surface area contributed by atoms with Gasteiger partial charge in [0, 0.05) is 28.0 Å². The predicted octanol–water partition coefficient (Wildman–Crippen LogP) is 3.78. The van der Waals surface area contributed by atoms with E-state index in [1.165, 1.54) is 0 Å². The Labute approximate surface area is 156 Å². The van der Waals surface area contributed by atoms with Crippen molar-refractivity contribution >= 4 is 28.0 Å². The molecule has 27 heavy (non-hydrogen) atoms. The van der Waals surface area contributed by atoms with Crippen LogP contribution in [-0.4, -0.2) is 31.7 Å². The van der Waals surface area contributed by atoms with E-state index in [4.69, 9.17) is 0 Å². The number of carbonyl (C=O) groups is 1. The van der Waals surface area contributed by atoms with Gasteiger partial charge >= 0.3 is 12.0 Å². The maximum absolute atomic E-state index is 12.9. The van der Waals surface area contributed by atoms with E-state index in [0.29, 0.717) is 16.7 Å². The zero-order valence-electron chi connectivity index (χ0n) is 14.7. The first kappa shape index (κ1) is 19.5. The van der Waals surface area contributed by atoms with Gasteiger partial charge in [0.05, 0.1) is 5.56 Å². The predicted molar refractivity (Wildman–Crippen MR) is 94.7 cm³/mol. The van der Waals surface area contributed by atoms with Crippen molar-refractivity contribution in [2.75, 3.05) is 0 Å². The zero-order valence-corrected chi connectivity index (χ0v) is 15.5. The Kier molecular flexibility index (Phi) is 4.45.